The van der Waals surface area contributed by atoms with E-state index in [0.29, 0.717) is 0 Å². The molecule has 0 aromatic heterocycles. The Hall–Kier alpha value is -1.44. The number of rotatable bonds is 7. The highest BCUT2D eigenvalue weighted by Crippen LogP contribution is 2.27. The Morgan fingerprint density at radius 3 is 2.59 bits per heavy atom. The third-order valence-corrected chi connectivity index (χ3v) is 2.64. The highest BCUT2D eigenvalue weighted by molar-refractivity contribution is 5.46. The van der Waals surface area contributed by atoms with E-state index in [1.54, 1.807) is 7.11 Å². The minimum absolute atomic E-state index is 0.746. The quantitative estimate of drug-likeness (QED) is 0.663. The van der Waals surface area contributed by atoms with E-state index in [-0.39, 0.29) is 0 Å². The lowest BCUT2D eigenvalue weighted by atomic mass is 10.0. The Labute approximate surface area is 104 Å². The molecule has 0 aliphatic carbocycles. The molecular weight excluding hydrogens is 212 g/mol. The first-order chi connectivity index (χ1) is 8.21. The van der Waals surface area contributed by atoms with E-state index in [9.17, 15) is 0 Å². The smallest absolute Gasteiger partial charge is 0.123 e. The van der Waals surface area contributed by atoms with Gasteiger partial charge in [0.25, 0.3) is 0 Å². The van der Waals surface area contributed by atoms with Crippen molar-refractivity contribution in [1.82, 2.24) is 0 Å². The molecule has 0 bridgehead atoms. The van der Waals surface area contributed by atoms with Crippen molar-refractivity contribution in [1.29, 1.82) is 0 Å². The van der Waals surface area contributed by atoms with Crippen LogP contribution in [-0.4, -0.2) is 13.7 Å². The summed E-state index contributed by atoms with van der Waals surface area (Å²) >= 11 is 0. The summed E-state index contributed by atoms with van der Waals surface area (Å²) in [5.74, 6) is 2.79. The highest BCUT2D eigenvalue weighted by Gasteiger charge is 2.07. The molecule has 0 spiro atoms. The van der Waals surface area contributed by atoms with E-state index in [1.807, 2.05) is 31.2 Å². The number of benzene rings is 1. The Bertz CT molecular complexity index is 358. The first kappa shape index (κ1) is 13.6. The standard InChI is InChI=1S/C15H21O2/c1-5-7-8-17-15-10-13(12(3)6-2)9-14(11-15)16-4/h6,9-11H,2,5,7-8H2,1,3-4H3. The molecule has 0 unspecified atom stereocenters. The number of unbranched alkanes of at least 4 members (excludes halogenated alkanes) is 1. The topological polar surface area (TPSA) is 18.5 Å². The Balaban J connectivity index is 2.85. The van der Waals surface area contributed by atoms with Gasteiger partial charge in [0.1, 0.15) is 11.5 Å². The SMILES string of the molecule is C=C[C](C)c1cc(OC)cc(OCCCC)c1. The molecule has 0 N–H and O–H groups in total. The van der Waals surface area contributed by atoms with E-state index < -0.39 is 0 Å². The first-order valence-electron chi connectivity index (χ1n) is 5.99. The van der Waals surface area contributed by atoms with Crippen molar-refractivity contribution < 1.29 is 9.47 Å². The average Bonchev–Trinajstić information content (AvgIpc) is 2.37. The Morgan fingerprint density at radius 1 is 1.29 bits per heavy atom. The van der Waals surface area contributed by atoms with E-state index in [1.165, 1.54) is 0 Å². The van der Waals surface area contributed by atoms with Crippen LogP contribution in [0.25, 0.3) is 0 Å². The van der Waals surface area contributed by atoms with Crippen molar-refractivity contribution >= 4 is 0 Å². The van der Waals surface area contributed by atoms with Gasteiger partial charge in [-0.1, -0.05) is 26.3 Å². The van der Waals surface area contributed by atoms with Crippen molar-refractivity contribution in [3.8, 4) is 11.5 Å². The van der Waals surface area contributed by atoms with Crippen LogP contribution in [0.5, 0.6) is 11.5 Å². The monoisotopic (exact) mass is 233 g/mol. The van der Waals surface area contributed by atoms with Gasteiger partial charge in [0.15, 0.2) is 0 Å². The molecule has 17 heavy (non-hydrogen) atoms. The van der Waals surface area contributed by atoms with Gasteiger partial charge < -0.3 is 9.47 Å². The van der Waals surface area contributed by atoms with Gasteiger partial charge in [-0.15, -0.1) is 6.58 Å². The predicted molar refractivity (Wildman–Crippen MR) is 71.6 cm³/mol. The number of hydrogen-bond donors (Lipinski definition) is 0. The zero-order chi connectivity index (χ0) is 12.7. The molecule has 1 radical (unpaired) electrons. The lowest BCUT2D eigenvalue weighted by Crippen LogP contribution is -1.99. The van der Waals surface area contributed by atoms with Crippen molar-refractivity contribution in [3.63, 3.8) is 0 Å². The maximum Gasteiger partial charge on any atom is 0.123 e. The maximum atomic E-state index is 5.70. The summed E-state index contributed by atoms with van der Waals surface area (Å²) < 4.78 is 11.0. The Morgan fingerprint density at radius 2 is 2.00 bits per heavy atom. The first-order valence-corrected chi connectivity index (χ1v) is 5.99. The summed E-state index contributed by atoms with van der Waals surface area (Å²) in [5, 5.41) is 0. The van der Waals surface area contributed by atoms with Crippen LogP contribution in [-0.2, 0) is 0 Å². The van der Waals surface area contributed by atoms with Crippen molar-refractivity contribution in [2.24, 2.45) is 0 Å². The minimum Gasteiger partial charge on any atom is -0.497 e. The van der Waals surface area contributed by atoms with E-state index >= 15 is 0 Å². The molecule has 0 saturated heterocycles. The van der Waals surface area contributed by atoms with Crippen LogP contribution in [0.4, 0.5) is 0 Å². The summed E-state index contributed by atoms with van der Waals surface area (Å²) in [5.41, 5.74) is 1.09. The van der Waals surface area contributed by atoms with E-state index in [2.05, 4.69) is 13.5 Å². The molecule has 2 heteroatoms. The van der Waals surface area contributed by atoms with Crippen LogP contribution in [0, 0.1) is 5.92 Å². The number of ether oxygens (including phenoxy) is 2. The molecule has 0 aliphatic rings. The van der Waals surface area contributed by atoms with Gasteiger partial charge in [-0.3, -0.25) is 0 Å². The summed E-state index contributed by atoms with van der Waals surface area (Å²) in [6, 6.07) is 5.93. The van der Waals surface area contributed by atoms with Crippen LogP contribution < -0.4 is 9.47 Å². The highest BCUT2D eigenvalue weighted by atomic mass is 16.5. The van der Waals surface area contributed by atoms with E-state index in [0.717, 1.165) is 42.4 Å². The fourth-order valence-corrected chi connectivity index (χ4v) is 1.45. The fraction of sp³-hybridized carbons (Fsp3) is 0.400. The molecule has 1 rings (SSSR count). The maximum absolute atomic E-state index is 5.70. The van der Waals surface area contributed by atoms with Crippen molar-refractivity contribution in [2.75, 3.05) is 13.7 Å². The molecule has 0 heterocycles. The molecule has 0 amide bonds. The number of hydrogen-bond acceptors (Lipinski definition) is 2. The molecule has 1 aromatic carbocycles. The zero-order valence-corrected chi connectivity index (χ0v) is 11.0. The second-order valence-electron chi connectivity index (χ2n) is 3.99. The summed E-state index contributed by atoms with van der Waals surface area (Å²) in [6.07, 6.45) is 4.04. The third-order valence-electron chi connectivity index (χ3n) is 2.64. The molecule has 0 aliphatic heterocycles. The molecular formula is C15H21O2. The van der Waals surface area contributed by atoms with Gasteiger partial charge in [0.2, 0.25) is 0 Å². The van der Waals surface area contributed by atoms with Crippen LogP contribution in [0.2, 0.25) is 0 Å². The van der Waals surface area contributed by atoms with Crippen molar-refractivity contribution in [3.05, 3.63) is 42.3 Å². The zero-order valence-electron chi connectivity index (χ0n) is 11.0. The Kier molecular flexibility index (Phi) is 5.61. The summed E-state index contributed by atoms with van der Waals surface area (Å²) in [7, 11) is 1.66. The molecule has 0 fully saturated rings. The van der Waals surface area contributed by atoms with Crippen LogP contribution in [0.3, 0.4) is 0 Å². The predicted octanol–water partition coefficient (Wildman–Crippen LogP) is 4.00. The van der Waals surface area contributed by atoms with Gasteiger partial charge in [0.05, 0.1) is 13.7 Å². The van der Waals surface area contributed by atoms with Crippen LogP contribution in [0.1, 0.15) is 32.3 Å². The second kappa shape index (κ2) is 7.00. The molecule has 0 saturated carbocycles. The minimum atomic E-state index is 0.746. The van der Waals surface area contributed by atoms with Gasteiger partial charge >= 0.3 is 0 Å². The van der Waals surface area contributed by atoms with Gasteiger partial charge in [0, 0.05) is 12.0 Å². The molecule has 2 nitrogen and oxygen atoms in total. The number of allylic oxidation sites excluding steroid dienone is 1. The van der Waals surface area contributed by atoms with Crippen LogP contribution >= 0.6 is 0 Å². The van der Waals surface area contributed by atoms with E-state index in [4.69, 9.17) is 9.47 Å². The fourth-order valence-electron chi connectivity index (χ4n) is 1.45. The second-order valence-corrected chi connectivity index (χ2v) is 3.99. The lowest BCUT2D eigenvalue weighted by Gasteiger charge is -2.12. The lowest BCUT2D eigenvalue weighted by molar-refractivity contribution is 0.306. The molecule has 0 atom stereocenters. The summed E-state index contributed by atoms with van der Waals surface area (Å²) in [4.78, 5) is 0. The molecule has 93 valence electrons. The van der Waals surface area contributed by atoms with Gasteiger partial charge in [-0.25, -0.2) is 0 Å². The average molecular weight is 233 g/mol. The van der Waals surface area contributed by atoms with Gasteiger partial charge in [-0.2, -0.15) is 0 Å². The van der Waals surface area contributed by atoms with Gasteiger partial charge in [-0.05, 0) is 24.1 Å². The largest absolute Gasteiger partial charge is 0.497 e. The van der Waals surface area contributed by atoms with Crippen LogP contribution in [0.15, 0.2) is 30.9 Å². The third kappa shape index (κ3) is 4.14. The number of methoxy groups -OCH3 is 1. The summed E-state index contributed by atoms with van der Waals surface area (Å²) in [6.45, 7) is 8.70. The molecule has 1 aromatic rings. The normalized spacial score (nSPS) is 10.4. The van der Waals surface area contributed by atoms with Crippen molar-refractivity contribution in [2.45, 2.75) is 26.7 Å².